The summed E-state index contributed by atoms with van der Waals surface area (Å²) >= 11 is 0. The van der Waals surface area contributed by atoms with Gasteiger partial charge in [0.1, 0.15) is 25.1 Å². The lowest BCUT2D eigenvalue weighted by atomic mass is 10.2. The molecule has 8 heteroatoms. The molecule has 0 spiro atoms. The molecule has 2 heterocycles. The zero-order valence-electron chi connectivity index (χ0n) is 14.2. The van der Waals surface area contributed by atoms with Gasteiger partial charge in [0, 0.05) is 0 Å². The highest BCUT2D eigenvalue weighted by Gasteiger charge is 2.21. The summed E-state index contributed by atoms with van der Waals surface area (Å²) in [7, 11) is 0. The summed E-state index contributed by atoms with van der Waals surface area (Å²) in [6.45, 7) is 0.327. The molecule has 7 nitrogen and oxygen atoms in total. The van der Waals surface area contributed by atoms with Crippen LogP contribution in [-0.4, -0.2) is 34.7 Å². The van der Waals surface area contributed by atoms with Crippen LogP contribution in [-0.2, 0) is 11.3 Å². The number of nitrogens with zero attached hydrogens (tertiary/aromatic N) is 2. The summed E-state index contributed by atoms with van der Waals surface area (Å²) in [4.78, 5) is 28.7. The van der Waals surface area contributed by atoms with Crippen LogP contribution in [0.2, 0.25) is 0 Å². The number of hydrogen-bond donors (Lipinski definition) is 1. The molecule has 0 saturated heterocycles. The highest BCUT2D eigenvalue weighted by molar-refractivity contribution is 5.79. The lowest BCUT2D eigenvalue weighted by molar-refractivity contribution is -0.122. The first-order chi connectivity index (χ1) is 13.1. The van der Waals surface area contributed by atoms with Gasteiger partial charge in [-0.3, -0.25) is 14.2 Å². The first kappa shape index (κ1) is 17.0. The summed E-state index contributed by atoms with van der Waals surface area (Å²) < 4.78 is 25.9. The predicted octanol–water partition coefficient (Wildman–Crippen LogP) is 1.49. The zero-order valence-corrected chi connectivity index (χ0v) is 14.2. The van der Waals surface area contributed by atoms with Crippen molar-refractivity contribution in [1.29, 1.82) is 0 Å². The number of rotatable bonds is 4. The van der Waals surface area contributed by atoms with Gasteiger partial charge >= 0.3 is 0 Å². The van der Waals surface area contributed by atoms with E-state index in [-0.39, 0.29) is 30.5 Å². The molecule has 0 saturated carbocycles. The molecule has 1 unspecified atom stereocenters. The van der Waals surface area contributed by atoms with Crippen LogP contribution in [0, 0.1) is 5.82 Å². The van der Waals surface area contributed by atoms with E-state index in [2.05, 4.69) is 10.3 Å². The van der Waals surface area contributed by atoms with Gasteiger partial charge in [-0.1, -0.05) is 12.1 Å². The largest absolute Gasteiger partial charge is 0.486 e. The summed E-state index contributed by atoms with van der Waals surface area (Å²) in [6.07, 6.45) is 0.947. The Balaban J connectivity index is 1.39. The maximum Gasteiger partial charge on any atom is 0.261 e. The van der Waals surface area contributed by atoms with Crippen molar-refractivity contribution in [2.75, 3.05) is 13.2 Å². The third kappa shape index (κ3) is 3.59. The average molecular weight is 369 g/mol. The van der Waals surface area contributed by atoms with Crippen molar-refractivity contribution in [3.63, 3.8) is 0 Å². The van der Waals surface area contributed by atoms with Crippen LogP contribution in [0.1, 0.15) is 0 Å². The van der Waals surface area contributed by atoms with E-state index in [0.29, 0.717) is 23.6 Å². The number of para-hydroxylation sites is 2. The first-order valence-corrected chi connectivity index (χ1v) is 8.40. The van der Waals surface area contributed by atoms with Gasteiger partial charge in [0.25, 0.3) is 5.56 Å². The number of carbonyl (C=O) groups excluding carboxylic acids is 1. The molecule has 1 aromatic heterocycles. The van der Waals surface area contributed by atoms with Gasteiger partial charge in [-0.05, 0) is 30.3 Å². The van der Waals surface area contributed by atoms with Crippen molar-refractivity contribution < 1.29 is 18.7 Å². The second-order valence-corrected chi connectivity index (χ2v) is 6.14. The number of halogens is 1. The van der Waals surface area contributed by atoms with Crippen molar-refractivity contribution in [2.24, 2.45) is 0 Å². The summed E-state index contributed by atoms with van der Waals surface area (Å²) in [5.41, 5.74) is -0.0923. The minimum Gasteiger partial charge on any atom is -0.486 e. The monoisotopic (exact) mass is 369 g/mol. The first-order valence-electron chi connectivity index (χ1n) is 8.40. The zero-order chi connectivity index (χ0) is 18.8. The fraction of sp³-hybridized carbons (Fsp3) is 0.211. The molecule has 0 bridgehead atoms. The average Bonchev–Trinajstić information content (AvgIpc) is 2.69. The Labute approximate surface area is 153 Å². The standard InChI is InChI=1S/C19H16FN3O4/c20-12-5-6-15-14(7-12)19(25)23(11-22-15)9-18(24)21-8-13-10-26-16-3-1-2-4-17(16)27-13/h1-7,11,13H,8-10H2,(H,21,24). The topological polar surface area (TPSA) is 82.5 Å². The third-order valence-electron chi connectivity index (χ3n) is 4.19. The Morgan fingerprint density at radius 1 is 1.26 bits per heavy atom. The van der Waals surface area contributed by atoms with Crippen molar-refractivity contribution in [2.45, 2.75) is 12.6 Å². The lowest BCUT2D eigenvalue weighted by Gasteiger charge is -2.26. The Bertz CT molecular complexity index is 1070. The van der Waals surface area contributed by atoms with Gasteiger partial charge in [0.2, 0.25) is 5.91 Å². The molecule has 2 aromatic carbocycles. The van der Waals surface area contributed by atoms with E-state index in [1.54, 1.807) is 6.07 Å². The Kier molecular flexibility index (Phi) is 4.45. The molecule has 27 heavy (non-hydrogen) atoms. The Morgan fingerprint density at radius 3 is 2.93 bits per heavy atom. The summed E-state index contributed by atoms with van der Waals surface area (Å²) in [5.74, 6) is 0.386. The minimum absolute atomic E-state index is 0.130. The van der Waals surface area contributed by atoms with E-state index in [4.69, 9.17) is 9.47 Å². The van der Waals surface area contributed by atoms with Crippen molar-refractivity contribution in [1.82, 2.24) is 14.9 Å². The molecule has 3 aromatic rings. The van der Waals surface area contributed by atoms with Crippen LogP contribution in [0.4, 0.5) is 4.39 Å². The van der Waals surface area contributed by atoms with E-state index < -0.39 is 11.4 Å². The van der Waals surface area contributed by atoms with Gasteiger partial charge < -0.3 is 14.8 Å². The van der Waals surface area contributed by atoms with Crippen LogP contribution in [0.5, 0.6) is 11.5 Å². The van der Waals surface area contributed by atoms with E-state index >= 15 is 0 Å². The van der Waals surface area contributed by atoms with Gasteiger partial charge in [0.05, 0.1) is 23.8 Å². The maximum absolute atomic E-state index is 13.4. The lowest BCUT2D eigenvalue weighted by Crippen LogP contribution is -2.42. The van der Waals surface area contributed by atoms with Crippen molar-refractivity contribution in [3.8, 4) is 11.5 Å². The molecule has 1 aliphatic heterocycles. The quantitative estimate of drug-likeness (QED) is 0.754. The van der Waals surface area contributed by atoms with E-state index in [1.807, 2.05) is 18.2 Å². The van der Waals surface area contributed by atoms with Gasteiger partial charge in [0.15, 0.2) is 11.5 Å². The smallest absolute Gasteiger partial charge is 0.261 e. The highest BCUT2D eigenvalue weighted by Crippen LogP contribution is 2.30. The molecule has 1 amide bonds. The van der Waals surface area contributed by atoms with Crippen molar-refractivity contribution in [3.05, 3.63) is 65.0 Å². The number of ether oxygens (including phenoxy) is 2. The number of aromatic nitrogens is 2. The molecule has 1 N–H and O–H groups in total. The summed E-state index contributed by atoms with van der Waals surface area (Å²) in [5, 5.41) is 2.84. The van der Waals surface area contributed by atoms with Gasteiger partial charge in [-0.15, -0.1) is 0 Å². The number of benzene rings is 2. The molecular weight excluding hydrogens is 353 g/mol. The number of amides is 1. The molecule has 1 atom stereocenters. The summed E-state index contributed by atoms with van der Waals surface area (Å²) in [6, 6.07) is 11.1. The van der Waals surface area contributed by atoms with E-state index in [1.165, 1.54) is 18.5 Å². The second-order valence-electron chi connectivity index (χ2n) is 6.14. The molecule has 4 rings (SSSR count). The molecule has 0 aliphatic carbocycles. The number of nitrogens with one attached hydrogen (secondary N) is 1. The fourth-order valence-electron chi connectivity index (χ4n) is 2.85. The molecule has 0 fully saturated rings. The van der Waals surface area contributed by atoms with E-state index in [9.17, 15) is 14.0 Å². The minimum atomic E-state index is -0.529. The van der Waals surface area contributed by atoms with Crippen LogP contribution in [0.15, 0.2) is 53.6 Å². The normalized spacial score (nSPS) is 15.5. The number of hydrogen-bond acceptors (Lipinski definition) is 5. The van der Waals surface area contributed by atoms with Crippen LogP contribution in [0.3, 0.4) is 0 Å². The SMILES string of the molecule is O=C(Cn1cnc2ccc(F)cc2c1=O)NCC1COc2ccccc2O1. The molecule has 1 aliphatic rings. The molecular formula is C19H16FN3O4. The van der Waals surface area contributed by atoms with Crippen molar-refractivity contribution >= 4 is 16.8 Å². The third-order valence-corrected chi connectivity index (χ3v) is 4.19. The van der Waals surface area contributed by atoms with Gasteiger partial charge in [-0.2, -0.15) is 0 Å². The van der Waals surface area contributed by atoms with Crippen LogP contribution in [0.25, 0.3) is 10.9 Å². The number of fused-ring (bicyclic) bond motifs is 2. The Hall–Kier alpha value is -3.42. The maximum atomic E-state index is 13.4. The van der Waals surface area contributed by atoms with E-state index in [0.717, 1.165) is 10.6 Å². The van der Waals surface area contributed by atoms with Gasteiger partial charge in [-0.25, -0.2) is 9.37 Å². The van der Waals surface area contributed by atoms with Crippen LogP contribution >= 0.6 is 0 Å². The fourth-order valence-corrected chi connectivity index (χ4v) is 2.85. The molecule has 138 valence electrons. The second kappa shape index (κ2) is 7.06. The Morgan fingerprint density at radius 2 is 2.07 bits per heavy atom. The highest BCUT2D eigenvalue weighted by atomic mass is 19.1. The predicted molar refractivity (Wildman–Crippen MR) is 95.3 cm³/mol. The molecule has 0 radical (unpaired) electrons. The number of carbonyl (C=O) groups is 1. The van der Waals surface area contributed by atoms with Crippen LogP contribution < -0.4 is 20.3 Å².